The smallest absolute Gasteiger partial charge is 0.317 e. The minimum absolute atomic E-state index is 0. The number of carbonyl (C=O) groups is 1. The summed E-state index contributed by atoms with van der Waals surface area (Å²) < 4.78 is 0. The molecule has 1 N–H and O–H groups in total. The normalized spacial score (nSPS) is 21.6. The van der Waals surface area contributed by atoms with E-state index in [4.69, 9.17) is 5.11 Å². The lowest BCUT2D eigenvalue weighted by atomic mass is 10.00. The van der Waals surface area contributed by atoms with Gasteiger partial charge in [-0.1, -0.05) is 32.6 Å². The average Bonchev–Trinajstić information content (AvgIpc) is 2.96. The lowest BCUT2D eigenvalue weighted by Crippen LogP contribution is -2.46. The Kier molecular flexibility index (Phi) is 8.60. The van der Waals surface area contributed by atoms with Gasteiger partial charge in [-0.05, 0) is 51.4 Å². The van der Waals surface area contributed by atoms with Crippen molar-refractivity contribution in [2.24, 2.45) is 5.92 Å². The number of likely N-dealkylation sites (N-methyl/N-ethyl adjacent to an activating group) is 1. The van der Waals surface area contributed by atoms with E-state index in [9.17, 15) is 4.79 Å². The van der Waals surface area contributed by atoms with E-state index < -0.39 is 5.97 Å². The first-order valence-electron chi connectivity index (χ1n) is 8.37. The van der Waals surface area contributed by atoms with Crippen LogP contribution in [0.2, 0.25) is 0 Å². The van der Waals surface area contributed by atoms with E-state index in [1.165, 1.54) is 38.6 Å². The van der Waals surface area contributed by atoms with Crippen molar-refractivity contribution >= 4 is 18.4 Å². The van der Waals surface area contributed by atoms with Gasteiger partial charge in [0.05, 0.1) is 6.54 Å². The summed E-state index contributed by atoms with van der Waals surface area (Å²) in [7, 11) is 0. The molecule has 0 atom stereocenters. The lowest BCUT2D eigenvalue weighted by molar-refractivity contribution is -0.139. The zero-order chi connectivity index (χ0) is 14.4. The second-order valence-corrected chi connectivity index (χ2v) is 6.47. The van der Waals surface area contributed by atoms with Gasteiger partial charge < -0.3 is 10.0 Å². The summed E-state index contributed by atoms with van der Waals surface area (Å²) in [6.07, 6.45) is 9.40. The van der Waals surface area contributed by atoms with Crippen LogP contribution < -0.4 is 0 Å². The monoisotopic (exact) mass is 318 g/mol. The van der Waals surface area contributed by atoms with Crippen molar-refractivity contribution in [1.82, 2.24) is 9.80 Å². The van der Waals surface area contributed by atoms with E-state index in [1.54, 1.807) is 0 Å². The molecule has 124 valence electrons. The highest BCUT2D eigenvalue weighted by Crippen LogP contribution is 2.28. The number of likely N-dealkylation sites (tertiary alicyclic amines) is 1. The summed E-state index contributed by atoms with van der Waals surface area (Å²) in [6, 6.07) is 0.471. The number of halogens is 1. The van der Waals surface area contributed by atoms with Crippen LogP contribution in [0.5, 0.6) is 0 Å². The van der Waals surface area contributed by atoms with Crippen molar-refractivity contribution in [1.29, 1.82) is 0 Å². The van der Waals surface area contributed by atoms with Crippen molar-refractivity contribution in [3.05, 3.63) is 0 Å². The van der Waals surface area contributed by atoms with Crippen LogP contribution >= 0.6 is 12.4 Å². The number of piperidine rings is 1. The third-order valence-corrected chi connectivity index (χ3v) is 5.15. The number of hydrogen-bond donors (Lipinski definition) is 1. The Morgan fingerprint density at radius 3 is 2.33 bits per heavy atom. The lowest BCUT2D eigenvalue weighted by Gasteiger charge is -2.37. The minimum Gasteiger partial charge on any atom is -0.480 e. The molecule has 1 saturated heterocycles. The zero-order valence-corrected chi connectivity index (χ0v) is 14.1. The molecule has 0 unspecified atom stereocenters. The summed E-state index contributed by atoms with van der Waals surface area (Å²) in [5.74, 6) is 0.280. The number of aliphatic carboxylic acids is 1. The van der Waals surface area contributed by atoms with E-state index in [2.05, 4.69) is 16.7 Å². The van der Waals surface area contributed by atoms with Gasteiger partial charge in [0.15, 0.2) is 0 Å². The Hall–Kier alpha value is -0.320. The van der Waals surface area contributed by atoms with Gasteiger partial charge in [0.1, 0.15) is 0 Å². The molecule has 0 amide bonds. The van der Waals surface area contributed by atoms with Gasteiger partial charge in [-0.3, -0.25) is 9.69 Å². The number of nitrogens with zero attached hydrogens (tertiary/aromatic N) is 2. The first-order chi connectivity index (χ1) is 9.69. The first kappa shape index (κ1) is 18.7. The number of rotatable bonds is 7. The molecule has 0 bridgehead atoms. The van der Waals surface area contributed by atoms with Crippen molar-refractivity contribution in [2.75, 3.05) is 32.7 Å². The van der Waals surface area contributed by atoms with Crippen molar-refractivity contribution in [3.8, 4) is 0 Å². The van der Waals surface area contributed by atoms with Crippen molar-refractivity contribution < 1.29 is 9.90 Å². The predicted molar refractivity (Wildman–Crippen MR) is 88.2 cm³/mol. The molecule has 2 aliphatic rings. The molecule has 0 aromatic heterocycles. The van der Waals surface area contributed by atoms with E-state index >= 15 is 0 Å². The standard InChI is InChI=1S/C16H30N2O2.ClH/c1-2-18(13-16(19)20)15-8-11-17(12-9-15)10-7-14-5-3-4-6-14;/h14-15H,2-13H2,1H3,(H,19,20);1H. The molecule has 1 heterocycles. The van der Waals surface area contributed by atoms with E-state index in [1.807, 2.05) is 0 Å². The second kappa shape index (κ2) is 9.65. The molecule has 4 nitrogen and oxygen atoms in total. The molecule has 5 heteroatoms. The van der Waals surface area contributed by atoms with Gasteiger partial charge in [-0.2, -0.15) is 0 Å². The number of carboxylic acids is 1. The van der Waals surface area contributed by atoms with Crippen LogP contribution in [0, 0.1) is 5.92 Å². The molecule has 0 spiro atoms. The van der Waals surface area contributed by atoms with Crippen LogP contribution in [0.15, 0.2) is 0 Å². The van der Waals surface area contributed by atoms with E-state index in [0.29, 0.717) is 6.04 Å². The summed E-state index contributed by atoms with van der Waals surface area (Å²) in [6.45, 7) is 6.65. The largest absolute Gasteiger partial charge is 0.480 e. The second-order valence-electron chi connectivity index (χ2n) is 6.47. The predicted octanol–water partition coefficient (Wildman–Crippen LogP) is 2.86. The first-order valence-corrected chi connectivity index (χ1v) is 8.37. The molecule has 1 aliphatic heterocycles. The zero-order valence-electron chi connectivity index (χ0n) is 13.3. The molecule has 21 heavy (non-hydrogen) atoms. The van der Waals surface area contributed by atoms with Crippen LogP contribution in [-0.4, -0.2) is 59.6 Å². The molecule has 1 aliphatic carbocycles. The Morgan fingerprint density at radius 2 is 1.81 bits per heavy atom. The maximum atomic E-state index is 10.9. The topological polar surface area (TPSA) is 43.8 Å². The molecule has 0 aromatic rings. The maximum absolute atomic E-state index is 10.9. The van der Waals surface area contributed by atoms with Crippen LogP contribution in [0.4, 0.5) is 0 Å². The average molecular weight is 319 g/mol. The van der Waals surface area contributed by atoms with Gasteiger partial charge in [-0.15, -0.1) is 12.4 Å². The molecule has 2 fully saturated rings. The van der Waals surface area contributed by atoms with Gasteiger partial charge in [0.25, 0.3) is 0 Å². The van der Waals surface area contributed by atoms with Crippen LogP contribution in [0.3, 0.4) is 0 Å². The summed E-state index contributed by atoms with van der Waals surface area (Å²) in [4.78, 5) is 15.6. The molecule has 1 saturated carbocycles. The van der Waals surface area contributed by atoms with Gasteiger partial charge >= 0.3 is 5.97 Å². The van der Waals surface area contributed by atoms with Crippen LogP contribution in [0.1, 0.15) is 51.9 Å². The van der Waals surface area contributed by atoms with Crippen LogP contribution in [-0.2, 0) is 4.79 Å². The Labute approximate surface area is 135 Å². The van der Waals surface area contributed by atoms with E-state index in [0.717, 1.165) is 38.4 Å². The molecule has 0 radical (unpaired) electrons. The summed E-state index contributed by atoms with van der Waals surface area (Å²) in [5.41, 5.74) is 0. The van der Waals surface area contributed by atoms with E-state index in [-0.39, 0.29) is 19.0 Å². The fraction of sp³-hybridized carbons (Fsp3) is 0.938. The van der Waals surface area contributed by atoms with Crippen molar-refractivity contribution in [3.63, 3.8) is 0 Å². The quantitative estimate of drug-likeness (QED) is 0.784. The fourth-order valence-corrected chi connectivity index (χ4v) is 3.85. The highest BCUT2D eigenvalue weighted by atomic mass is 35.5. The Bertz CT molecular complexity index is 301. The number of carboxylic acid groups (broad SMARTS) is 1. The molecular weight excluding hydrogens is 288 g/mol. The van der Waals surface area contributed by atoms with Crippen molar-refractivity contribution in [2.45, 2.75) is 57.9 Å². The Balaban J connectivity index is 0.00000220. The SMILES string of the molecule is CCN(CC(=O)O)C1CCN(CCC2CCCC2)CC1.Cl. The molecule has 2 rings (SSSR count). The fourth-order valence-electron chi connectivity index (χ4n) is 3.85. The number of hydrogen-bond acceptors (Lipinski definition) is 3. The third kappa shape index (κ3) is 6.13. The highest BCUT2D eigenvalue weighted by molar-refractivity contribution is 5.85. The van der Waals surface area contributed by atoms with Gasteiger partial charge in [0.2, 0.25) is 0 Å². The van der Waals surface area contributed by atoms with Crippen LogP contribution in [0.25, 0.3) is 0 Å². The molecular formula is C16H31ClN2O2. The third-order valence-electron chi connectivity index (χ3n) is 5.15. The minimum atomic E-state index is -0.699. The van der Waals surface area contributed by atoms with Gasteiger partial charge in [0, 0.05) is 6.04 Å². The highest BCUT2D eigenvalue weighted by Gasteiger charge is 2.25. The summed E-state index contributed by atoms with van der Waals surface area (Å²) >= 11 is 0. The maximum Gasteiger partial charge on any atom is 0.317 e. The summed E-state index contributed by atoms with van der Waals surface area (Å²) in [5, 5.41) is 8.95. The Morgan fingerprint density at radius 1 is 1.19 bits per heavy atom. The molecule has 0 aromatic carbocycles. The van der Waals surface area contributed by atoms with Gasteiger partial charge in [-0.25, -0.2) is 0 Å².